The molecule has 0 unspecified atom stereocenters. The van der Waals surface area contributed by atoms with Gasteiger partial charge in [-0.3, -0.25) is 4.72 Å². The van der Waals surface area contributed by atoms with Gasteiger partial charge in [0.2, 0.25) is 5.75 Å². The molecule has 10 heteroatoms. The number of halogens is 1. The predicted molar refractivity (Wildman–Crippen MR) is 138 cm³/mol. The second-order valence-electron chi connectivity index (χ2n) is 8.27. The zero-order valence-electron chi connectivity index (χ0n) is 19.5. The summed E-state index contributed by atoms with van der Waals surface area (Å²) in [5.74, 6) is 1.56. The molecule has 0 radical (unpaired) electrons. The van der Waals surface area contributed by atoms with E-state index in [1.54, 1.807) is 31.2 Å². The number of hydrogen-bond acceptors (Lipinski definition) is 7. The van der Waals surface area contributed by atoms with Crippen LogP contribution in [0.3, 0.4) is 0 Å². The van der Waals surface area contributed by atoms with Crippen molar-refractivity contribution in [3.8, 4) is 17.2 Å². The zero-order valence-corrected chi connectivity index (χ0v) is 21.2. The highest BCUT2D eigenvalue weighted by molar-refractivity contribution is 7.94. The Bertz CT molecular complexity index is 1500. The van der Waals surface area contributed by atoms with Crippen molar-refractivity contribution in [2.24, 2.45) is 0 Å². The molecule has 0 saturated heterocycles. The van der Waals surface area contributed by atoms with E-state index in [0.717, 1.165) is 21.6 Å². The topological polar surface area (TPSA) is 85.9 Å². The molecule has 36 heavy (non-hydrogen) atoms. The third kappa shape index (κ3) is 5.25. The van der Waals surface area contributed by atoms with Gasteiger partial charge in [-0.05, 0) is 65.9 Å². The van der Waals surface area contributed by atoms with E-state index in [9.17, 15) is 12.8 Å². The third-order valence-corrected chi connectivity index (χ3v) is 8.95. The van der Waals surface area contributed by atoms with Crippen LogP contribution in [0.25, 0.3) is 10.1 Å². The summed E-state index contributed by atoms with van der Waals surface area (Å²) in [6.45, 7) is 4.26. The summed E-state index contributed by atoms with van der Waals surface area (Å²) >= 11 is 1.13. The quantitative estimate of drug-likeness (QED) is 0.295. The van der Waals surface area contributed by atoms with Gasteiger partial charge in [0.25, 0.3) is 10.0 Å². The van der Waals surface area contributed by atoms with Crippen molar-refractivity contribution < 1.29 is 27.0 Å². The van der Waals surface area contributed by atoms with Gasteiger partial charge in [-0.1, -0.05) is 18.2 Å². The Kier molecular flexibility index (Phi) is 6.99. The molecule has 0 bridgehead atoms. The Morgan fingerprint density at radius 1 is 1.06 bits per heavy atom. The van der Waals surface area contributed by atoms with Crippen LogP contribution in [0.4, 0.5) is 10.1 Å². The van der Waals surface area contributed by atoms with Crippen molar-refractivity contribution in [1.82, 2.24) is 5.32 Å². The van der Waals surface area contributed by atoms with E-state index in [2.05, 4.69) is 10.0 Å². The van der Waals surface area contributed by atoms with Gasteiger partial charge in [-0.15, -0.1) is 11.3 Å². The first-order valence-corrected chi connectivity index (χ1v) is 13.7. The van der Waals surface area contributed by atoms with Crippen LogP contribution in [-0.2, 0) is 16.6 Å². The number of benzene rings is 3. The monoisotopic (exact) mass is 528 g/mol. The van der Waals surface area contributed by atoms with Gasteiger partial charge in [0.05, 0.1) is 0 Å². The minimum Gasteiger partial charge on any atom is -0.488 e. The SMILES string of the molecule is Cc1c(S(=O)(=O)Nc2cccc(CNCCOc3cccc4c3OCCO4)c2)sc2ccc(F)cc12. The smallest absolute Gasteiger partial charge is 0.271 e. The maximum atomic E-state index is 13.6. The lowest BCUT2D eigenvalue weighted by atomic mass is 10.2. The average Bonchev–Trinajstić information content (AvgIpc) is 3.20. The molecular formula is C26H25FN2O5S2. The lowest BCUT2D eigenvalue weighted by Crippen LogP contribution is -2.21. The molecule has 188 valence electrons. The van der Waals surface area contributed by atoms with Gasteiger partial charge in [-0.25, -0.2) is 12.8 Å². The highest BCUT2D eigenvalue weighted by Gasteiger charge is 2.22. The van der Waals surface area contributed by atoms with Crippen molar-refractivity contribution in [3.05, 3.63) is 77.6 Å². The predicted octanol–water partition coefficient (Wildman–Crippen LogP) is 5.09. The van der Waals surface area contributed by atoms with E-state index in [4.69, 9.17) is 14.2 Å². The Morgan fingerprint density at radius 2 is 1.89 bits per heavy atom. The number of anilines is 1. The molecule has 0 fully saturated rings. The number of para-hydroxylation sites is 1. The molecule has 1 aliphatic heterocycles. The second-order valence-corrected chi connectivity index (χ2v) is 11.2. The molecule has 0 spiro atoms. The maximum absolute atomic E-state index is 13.6. The van der Waals surface area contributed by atoms with Gasteiger partial charge < -0.3 is 19.5 Å². The standard InChI is InChI=1S/C26H25FN2O5S2/c1-17-21-15-19(27)8-9-24(21)35-26(17)36(30,31)29-20-5-2-4-18(14-20)16-28-10-11-32-22-6-3-7-23-25(22)34-13-12-33-23/h2-9,14-15,28-29H,10-13,16H2,1H3. The first kappa shape index (κ1) is 24.4. The van der Waals surface area contributed by atoms with Gasteiger partial charge in [-0.2, -0.15) is 0 Å². The number of ether oxygens (including phenoxy) is 3. The molecule has 4 aromatic rings. The van der Waals surface area contributed by atoms with E-state index in [-0.39, 0.29) is 4.21 Å². The molecule has 7 nitrogen and oxygen atoms in total. The van der Waals surface area contributed by atoms with Gasteiger partial charge >= 0.3 is 0 Å². The summed E-state index contributed by atoms with van der Waals surface area (Å²) in [5.41, 5.74) is 1.91. The molecule has 0 amide bonds. The molecule has 1 aromatic heterocycles. The van der Waals surface area contributed by atoms with Crippen LogP contribution in [0, 0.1) is 12.7 Å². The van der Waals surface area contributed by atoms with Crippen molar-refractivity contribution in [1.29, 1.82) is 0 Å². The van der Waals surface area contributed by atoms with Crippen molar-refractivity contribution in [2.45, 2.75) is 17.7 Å². The average molecular weight is 529 g/mol. The van der Waals surface area contributed by atoms with Crippen LogP contribution in [0.5, 0.6) is 17.2 Å². The van der Waals surface area contributed by atoms with Crippen LogP contribution < -0.4 is 24.2 Å². The highest BCUT2D eigenvalue weighted by atomic mass is 32.2. The first-order chi connectivity index (χ1) is 17.4. The number of nitrogens with one attached hydrogen (secondary N) is 2. The minimum atomic E-state index is -3.82. The molecule has 2 heterocycles. The number of hydrogen-bond donors (Lipinski definition) is 2. The van der Waals surface area contributed by atoms with Crippen LogP contribution in [0.2, 0.25) is 0 Å². The Labute approximate surface area is 212 Å². The van der Waals surface area contributed by atoms with Gasteiger partial charge in [0.15, 0.2) is 11.5 Å². The zero-order chi connectivity index (χ0) is 25.1. The Balaban J connectivity index is 1.18. The minimum absolute atomic E-state index is 0.182. The van der Waals surface area contributed by atoms with E-state index in [1.807, 2.05) is 24.3 Å². The maximum Gasteiger partial charge on any atom is 0.271 e. The summed E-state index contributed by atoms with van der Waals surface area (Å²) < 4.78 is 60.4. The Morgan fingerprint density at radius 3 is 2.78 bits per heavy atom. The molecule has 2 N–H and O–H groups in total. The fourth-order valence-corrected chi connectivity index (χ4v) is 6.80. The molecule has 3 aromatic carbocycles. The summed E-state index contributed by atoms with van der Waals surface area (Å²) in [6.07, 6.45) is 0. The fourth-order valence-electron chi connectivity index (χ4n) is 4.00. The van der Waals surface area contributed by atoms with Gasteiger partial charge in [0.1, 0.15) is 29.8 Å². The largest absolute Gasteiger partial charge is 0.488 e. The number of thiophene rings is 1. The summed E-state index contributed by atoms with van der Waals surface area (Å²) in [5, 5.41) is 3.91. The number of sulfonamides is 1. The van der Waals surface area contributed by atoms with Crippen LogP contribution in [-0.4, -0.2) is 34.8 Å². The molecular weight excluding hydrogens is 503 g/mol. The Hall–Kier alpha value is -3.34. The summed E-state index contributed by atoms with van der Waals surface area (Å²) in [4.78, 5) is 0. The lowest BCUT2D eigenvalue weighted by Gasteiger charge is -2.20. The van der Waals surface area contributed by atoms with Crippen molar-refractivity contribution in [2.75, 3.05) is 31.1 Å². The van der Waals surface area contributed by atoms with Gasteiger partial charge in [0, 0.05) is 23.5 Å². The van der Waals surface area contributed by atoms with E-state index in [0.29, 0.717) is 66.8 Å². The van der Waals surface area contributed by atoms with Crippen LogP contribution in [0.1, 0.15) is 11.1 Å². The van der Waals surface area contributed by atoms with E-state index in [1.165, 1.54) is 12.1 Å². The van der Waals surface area contributed by atoms with Crippen molar-refractivity contribution >= 4 is 37.1 Å². The number of rotatable bonds is 9. The number of aryl methyl sites for hydroxylation is 1. The first-order valence-electron chi connectivity index (χ1n) is 11.4. The number of fused-ring (bicyclic) bond motifs is 2. The third-order valence-electron chi connectivity index (χ3n) is 5.67. The van der Waals surface area contributed by atoms with E-state index >= 15 is 0 Å². The summed E-state index contributed by atoms with van der Waals surface area (Å²) in [6, 6.07) is 17.1. The summed E-state index contributed by atoms with van der Waals surface area (Å²) in [7, 11) is -3.82. The van der Waals surface area contributed by atoms with Crippen LogP contribution >= 0.6 is 11.3 Å². The second kappa shape index (κ2) is 10.3. The molecule has 0 atom stereocenters. The molecule has 1 aliphatic rings. The van der Waals surface area contributed by atoms with Crippen LogP contribution in [0.15, 0.2) is 64.9 Å². The van der Waals surface area contributed by atoms with E-state index < -0.39 is 15.8 Å². The van der Waals surface area contributed by atoms with Crippen molar-refractivity contribution in [3.63, 3.8) is 0 Å². The molecule has 5 rings (SSSR count). The molecule has 0 saturated carbocycles. The fraction of sp³-hybridized carbons (Fsp3) is 0.231. The highest BCUT2D eigenvalue weighted by Crippen LogP contribution is 2.39. The normalized spacial score (nSPS) is 13.1. The molecule has 0 aliphatic carbocycles. The lowest BCUT2D eigenvalue weighted by molar-refractivity contribution is 0.162.